The van der Waals surface area contributed by atoms with Crippen LogP contribution in [0.4, 0.5) is 0 Å². The van der Waals surface area contributed by atoms with Gasteiger partial charge in [-0.15, -0.1) is 21.5 Å². The average Bonchev–Trinajstić information content (AvgIpc) is 3.69. The van der Waals surface area contributed by atoms with E-state index in [2.05, 4.69) is 80.1 Å². The zero-order valence-electron chi connectivity index (χ0n) is 23.3. The van der Waals surface area contributed by atoms with Crippen molar-refractivity contribution >= 4 is 35.1 Å². The molecule has 212 valence electrons. The SMILES string of the molecule is Cc1ccc(-n2c(SCc3nc(C(=O)N4CCN(C/C=C/c5ccccc5)CC4)cs3)nnc2-c2ccncc2)cc1. The van der Waals surface area contributed by atoms with Crippen molar-refractivity contribution in [1.29, 1.82) is 0 Å². The van der Waals surface area contributed by atoms with Gasteiger partial charge in [0.25, 0.3) is 5.91 Å². The van der Waals surface area contributed by atoms with Crippen LogP contribution in [0.5, 0.6) is 0 Å². The van der Waals surface area contributed by atoms with Gasteiger partial charge in [0.05, 0.1) is 5.75 Å². The molecule has 0 radical (unpaired) electrons. The lowest BCUT2D eigenvalue weighted by Crippen LogP contribution is -2.48. The minimum atomic E-state index is 0.00442. The number of pyridine rings is 1. The molecule has 42 heavy (non-hydrogen) atoms. The molecular formula is C32H31N7OS2. The molecule has 3 aromatic heterocycles. The van der Waals surface area contributed by atoms with Crippen molar-refractivity contribution in [2.45, 2.75) is 17.8 Å². The topological polar surface area (TPSA) is 80.0 Å². The van der Waals surface area contributed by atoms with Gasteiger partial charge in [-0.3, -0.25) is 19.2 Å². The van der Waals surface area contributed by atoms with Crippen LogP contribution in [0.25, 0.3) is 23.2 Å². The van der Waals surface area contributed by atoms with Gasteiger partial charge in [-0.25, -0.2) is 4.98 Å². The third-order valence-electron chi connectivity index (χ3n) is 7.09. The molecule has 0 N–H and O–H groups in total. The predicted molar refractivity (Wildman–Crippen MR) is 169 cm³/mol. The van der Waals surface area contributed by atoms with E-state index in [1.54, 1.807) is 24.2 Å². The van der Waals surface area contributed by atoms with E-state index in [9.17, 15) is 4.79 Å². The number of rotatable bonds is 9. The fourth-order valence-corrected chi connectivity index (χ4v) is 6.52. The molecule has 2 aromatic carbocycles. The third-order valence-corrected chi connectivity index (χ3v) is 9.06. The molecule has 1 amide bonds. The smallest absolute Gasteiger partial charge is 0.273 e. The van der Waals surface area contributed by atoms with Gasteiger partial charge in [-0.1, -0.05) is 71.9 Å². The van der Waals surface area contributed by atoms with E-state index in [-0.39, 0.29) is 5.91 Å². The Morgan fingerprint density at radius 3 is 2.48 bits per heavy atom. The standard InChI is InChI=1S/C32H31N7OS2/c1-24-9-11-27(12-10-24)39-30(26-13-15-33-16-14-26)35-36-32(39)42-23-29-34-28(22-41-29)31(40)38-20-18-37(19-21-38)17-5-8-25-6-3-2-4-7-25/h2-16,22H,17-21,23H2,1H3/b8-5+. The molecular weight excluding hydrogens is 563 g/mol. The molecule has 0 unspecified atom stereocenters. The van der Waals surface area contributed by atoms with E-state index < -0.39 is 0 Å². The van der Waals surface area contributed by atoms with Crippen LogP contribution in [-0.2, 0) is 5.75 Å². The van der Waals surface area contributed by atoms with Crippen LogP contribution in [0.15, 0.2) is 95.7 Å². The summed E-state index contributed by atoms with van der Waals surface area (Å²) in [6.45, 7) is 6.07. The summed E-state index contributed by atoms with van der Waals surface area (Å²) in [4.78, 5) is 26.3. The summed E-state index contributed by atoms with van der Waals surface area (Å²) in [5.74, 6) is 1.36. The van der Waals surface area contributed by atoms with Gasteiger partial charge in [0.2, 0.25) is 0 Å². The number of hydrogen-bond donors (Lipinski definition) is 0. The van der Waals surface area contributed by atoms with Crippen LogP contribution >= 0.6 is 23.1 Å². The highest BCUT2D eigenvalue weighted by atomic mass is 32.2. The lowest BCUT2D eigenvalue weighted by Gasteiger charge is -2.33. The maximum absolute atomic E-state index is 13.2. The Balaban J connectivity index is 1.07. The van der Waals surface area contributed by atoms with Gasteiger partial charge in [0.15, 0.2) is 11.0 Å². The normalized spacial score (nSPS) is 14.1. The first-order chi connectivity index (χ1) is 20.6. The van der Waals surface area contributed by atoms with Crippen LogP contribution in [0, 0.1) is 6.92 Å². The molecule has 1 aliphatic rings. The number of aryl methyl sites for hydroxylation is 1. The largest absolute Gasteiger partial charge is 0.335 e. The van der Waals surface area contributed by atoms with Crippen LogP contribution in [0.3, 0.4) is 0 Å². The number of benzene rings is 2. The average molecular weight is 594 g/mol. The Morgan fingerprint density at radius 1 is 0.952 bits per heavy atom. The lowest BCUT2D eigenvalue weighted by atomic mass is 10.2. The van der Waals surface area contributed by atoms with Crippen LogP contribution in [-0.4, -0.2) is 73.2 Å². The second-order valence-electron chi connectivity index (χ2n) is 10.0. The van der Waals surface area contributed by atoms with Gasteiger partial charge in [0.1, 0.15) is 10.7 Å². The van der Waals surface area contributed by atoms with E-state index in [1.807, 2.05) is 40.6 Å². The maximum atomic E-state index is 13.2. The fraction of sp³-hybridized carbons (Fsp3) is 0.219. The summed E-state index contributed by atoms with van der Waals surface area (Å²) in [5, 5.41) is 12.6. The van der Waals surface area contributed by atoms with Crippen molar-refractivity contribution in [2.24, 2.45) is 0 Å². The molecule has 0 spiro atoms. The summed E-state index contributed by atoms with van der Waals surface area (Å²) < 4.78 is 2.06. The van der Waals surface area contributed by atoms with Crippen LogP contribution < -0.4 is 0 Å². The van der Waals surface area contributed by atoms with Crippen molar-refractivity contribution in [3.63, 3.8) is 0 Å². The summed E-state index contributed by atoms with van der Waals surface area (Å²) in [5.41, 5.74) is 4.84. The van der Waals surface area contributed by atoms with Crippen molar-refractivity contribution in [1.82, 2.24) is 34.5 Å². The molecule has 8 nitrogen and oxygen atoms in total. The number of carbonyl (C=O) groups excluding carboxylic acids is 1. The van der Waals surface area contributed by atoms with Crippen LogP contribution in [0.1, 0.15) is 26.6 Å². The Hall–Kier alpha value is -4.12. The molecule has 1 aliphatic heterocycles. The summed E-state index contributed by atoms with van der Waals surface area (Å²) >= 11 is 3.08. The lowest BCUT2D eigenvalue weighted by molar-refractivity contribution is 0.0645. The Kier molecular flexibility index (Phi) is 8.83. The first-order valence-electron chi connectivity index (χ1n) is 13.9. The molecule has 10 heteroatoms. The summed E-state index contributed by atoms with van der Waals surface area (Å²) in [6, 6.07) is 22.5. The highest BCUT2D eigenvalue weighted by Gasteiger charge is 2.24. The highest BCUT2D eigenvalue weighted by Crippen LogP contribution is 2.30. The molecule has 6 rings (SSSR count). The van der Waals surface area contributed by atoms with Crippen LogP contribution in [0.2, 0.25) is 0 Å². The third kappa shape index (κ3) is 6.67. The minimum absolute atomic E-state index is 0.00442. The zero-order valence-corrected chi connectivity index (χ0v) is 25.0. The van der Waals surface area contributed by atoms with Crippen molar-refractivity contribution in [3.05, 3.63) is 112 Å². The monoisotopic (exact) mass is 593 g/mol. The Morgan fingerprint density at radius 2 is 1.71 bits per heavy atom. The van der Waals surface area contributed by atoms with Crippen molar-refractivity contribution < 1.29 is 4.79 Å². The number of piperazine rings is 1. The van der Waals surface area contributed by atoms with E-state index in [0.717, 1.165) is 46.9 Å². The Labute approximate surface area is 253 Å². The second kappa shape index (κ2) is 13.2. The molecule has 5 aromatic rings. The van der Waals surface area contributed by atoms with Gasteiger partial charge in [-0.05, 0) is 36.8 Å². The quantitative estimate of drug-likeness (QED) is 0.198. The number of nitrogens with zero attached hydrogens (tertiary/aromatic N) is 7. The fourth-order valence-electron chi connectivity index (χ4n) is 4.78. The number of thiazole rings is 1. The van der Waals surface area contributed by atoms with Crippen molar-refractivity contribution in [2.75, 3.05) is 32.7 Å². The van der Waals surface area contributed by atoms with E-state index in [0.29, 0.717) is 24.5 Å². The molecule has 1 saturated heterocycles. The molecule has 1 fully saturated rings. The maximum Gasteiger partial charge on any atom is 0.273 e. The minimum Gasteiger partial charge on any atom is -0.335 e. The van der Waals surface area contributed by atoms with Crippen molar-refractivity contribution in [3.8, 4) is 17.1 Å². The number of aromatic nitrogens is 5. The molecule has 0 bridgehead atoms. The molecule has 0 atom stereocenters. The first kappa shape index (κ1) is 28.0. The summed E-state index contributed by atoms with van der Waals surface area (Å²) in [6.07, 6.45) is 7.85. The van der Waals surface area contributed by atoms with Gasteiger partial charge >= 0.3 is 0 Å². The van der Waals surface area contributed by atoms with E-state index in [1.165, 1.54) is 22.5 Å². The van der Waals surface area contributed by atoms with Gasteiger partial charge in [-0.2, -0.15) is 0 Å². The predicted octanol–water partition coefficient (Wildman–Crippen LogP) is 5.86. The molecule has 4 heterocycles. The van der Waals surface area contributed by atoms with E-state index >= 15 is 0 Å². The number of amides is 1. The summed E-state index contributed by atoms with van der Waals surface area (Å²) in [7, 11) is 0. The first-order valence-corrected chi connectivity index (χ1v) is 15.7. The molecule has 0 saturated carbocycles. The Bertz CT molecular complexity index is 1640. The molecule has 0 aliphatic carbocycles. The highest BCUT2D eigenvalue weighted by molar-refractivity contribution is 7.98. The van der Waals surface area contributed by atoms with E-state index in [4.69, 9.17) is 4.98 Å². The second-order valence-corrected chi connectivity index (χ2v) is 11.9. The zero-order chi connectivity index (χ0) is 28.7. The van der Waals surface area contributed by atoms with Gasteiger partial charge < -0.3 is 4.90 Å². The number of carbonyl (C=O) groups is 1. The number of thioether (sulfide) groups is 1. The number of hydrogen-bond acceptors (Lipinski definition) is 8. The van der Waals surface area contributed by atoms with Gasteiger partial charge in [0, 0.05) is 61.7 Å².